The predicted molar refractivity (Wildman–Crippen MR) is 102 cm³/mol. The zero-order valence-corrected chi connectivity index (χ0v) is 16.7. The summed E-state index contributed by atoms with van der Waals surface area (Å²) >= 11 is 0. The Morgan fingerprint density at radius 1 is 0.708 bits per heavy atom. The molecule has 146 valence electrons. The lowest BCUT2D eigenvalue weighted by Crippen LogP contribution is -2.22. The van der Waals surface area contributed by atoms with E-state index in [1.54, 1.807) is 6.92 Å². The fourth-order valence-corrected chi connectivity index (χ4v) is 3.98. The Bertz CT molecular complexity index is 366. The van der Waals surface area contributed by atoms with Gasteiger partial charge < -0.3 is 5.11 Å². The topological polar surface area (TPSA) is 74.6 Å². The standard InChI is InChI=1S/C19H40O4S/c1-3-4-5-6-7-8-9-10-11-12-13-14-15-19(24(21,22)23)17-16-18(2)20/h18-20H,3-17H2,1-2H3,(H,21,22,23). The highest BCUT2D eigenvalue weighted by Gasteiger charge is 2.22. The molecule has 0 amide bonds. The number of unbranched alkanes of at least 4 members (excludes halogenated alkanes) is 11. The van der Waals surface area contributed by atoms with E-state index < -0.39 is 21.5 Å². The Hall–Kier alpha value is -0.130. The van der Waals surface area contributed by atoms with Crippen molar-refractivity contribution >= 4 is 10.1 Å². The molecule has 0 rings (SSSR count). The second-order valence-electron chi connectivity index (χ2n) is 7.24. The highest BCUT2D eigenvalue weighted by Crippen LogP contribution is 2.18. The summed E-state index contributed by atoms with van der Waals surface area (Å²) in [6, 6.07) is 0. The quantitative estimate of drug-likeness (QED) is 0.264. The average molecular weight is 365 g/mol. The lowest BCUT2D eigenvalue weighted by molar-refractivity contribution is 0.180. The van der Waals surface area contributed by atoms with Crippen molar-refractivity contribution in [3.8, 4) is 0 Å². The van der Waals surface area contributed by atoms with E-state index >= 15 is 0 Å². The second kappa shape index (κ2) is 15.2. The van der Waals surface area contributed by atoms with Gasteiger partial charge in [0.25, 0.3) is 10.1 Å². The van der Waals surface area contributed by atoms with Crippen molar-refractivity contribution in [2.75, 3.05) is 0 Å². The van der Waals surface area contributed by atoms with Crippen LogP contribution in [0.3, 0.4) is 0 Å². The molecule has 0 radical (unpaired) electrons. The summed E-state index contributed by atoms with van der Waals surface area (Å²) in [6.45, 7) is 3.89. The van der Waals surface area contributed by atoms with Crippen molar-refractivity contribution in [2.24, 2.45) is 0 Å². The molecule has 2 unspecified atom stereocenters. The van der Waals surface area contributed by atoms with E-state index in [0.717, 1.165) is 19.3 Å². The Kier molecular flexibility index (Phi) is 15.1. The molecule has 0 spiro atoms. The fraction of sp³-hybridized carbons (Fsp3) is 1.00. The molecule has 0 aliphatic heterocycles. The van der Waals surface area contributed by atoms with E-state index in [9.17, 15) is 18.1 Å². The van der Waals surface area contributed by atoms with E-state index in [1.807, 2.05) is 0 Å². The van der Waals surface area contributed by atoms with Crippen LogP contribution in [0.2, 0.25) is 0 Å². The van der Waals surface area contributed by atoms with Crippen LogP contribution in [0.1, 0.15) is 110 Å². The Morgan fingerprint density at radius 2 is 1.12 bits per heavy atom. The van der Waals surface area contributed by atoms with Gasteiger partial charge in [-0.1, -0.05) is 84.0 Å². The maximum atomic E-state index is 11.4. The molecule has 0 aromatic heterocycles. The van der Waals surface area contributed by atoms with E-state index in [0.29, 0.717) is 19.3 Å². The van der Waals surface area contributed by atoms with Crippen molar-refractivity contribution in [3.63, 3.8) is 0 Å². The molecule has 0 bridgehead atoms. The molecule has 5 heteroatoms. The van der Waals surface area contributed by atoms with Gasteiger partial charge in [0.05, 0.1) is 11.4 Å². The normalized spacial score (nSPS) is 14.7. The van der Waals surface area contributed by atoms with E-state index in [4.69, 9.17) is 0 Å². The number of aliphatic hydroxyl groups excluding tert-OH is 1. The van der Waals surface area contributed by atoms with Crippen LogP contribution in [0.25, 0.3) is 0 Å². The second-order valence-corrected chi connectivity index (χ2v) is 8.94. The minimum Gasteiger partial charge on any atom is -0.393 e. The third-order valence-corrected chi connectivity index (χ3v) is 6.02. The van der Waals surface area contributed by atoms with Crippen LogP contribution in [-0.4, -0.2) is 29.4 Å². The Labute approximate surface area is 150 Å². The van der Waals surface area contributed by atoms with Gasteiger partial charge in [-0.2, -0.15) is 8.42 Å². The number of rotatable bonds is 17. The average Bonchev–Trinajstić information content (AvgIpc) is 2.49. The maximum absolute atomic E-state index is 11.4. The predicted octanol–water partition coefficient (Wildman–Crippen LogP) is 5.50. The van der Waals surface area contributed by atoms with Crippen LogP contribution in [-0.2, 0) is 10.1 Å². The Balaban J connectivity index is 3.55. The highest BCUT2D eigenvalue weighted by molar-refractivity contribution is 7.86. The van der Waals surface area contributed by atoms with Crippen molar-refractivity contribution in [2.45, 2.75) is 122 Å². The first-order valence-electron chi connectivity index (χ1n) is 10.0. The molecule has 4 nitrogen and oxygen atoms in total. The first-order valence-corrected chi connectivity index (χ1v) is 11.5. The van der Waals surface area contributed by atoms with Crippen molar-refractivity contribution in [1.82, 2.24) is 0 Å². The SMILES string of the molecule is CCCCCCCCCCCCCCC(CCC(C)O)S(=O)(=O)O. The van der Waals surface area contributed by atoms with Gasteiger partial charge in [-0.25, -0.2) is 0 Å². The first kappa shape index (κ1) is 23.9. The van der Waals surface area contributed by atoms with E-state index in [-0.39, 0.29) is 0 Å². The third kappa shape index (κ3) is 15.4. The minimum atomic E-state index is -3.99. The summed E-state index contributed by atoms with van der Waals surface area (Å²) in [5.74, 6) is 0. The van der Waals surface area contributed by atoms with Gasteiger partial charge in [0.15, 0.2) is 0 Å². The summed E-state index contributed by atoms with van der Waals surface area (Å²) in [4.78, 5) is 0. The lowest BCUT2D eigenvalue weighted by Gasteiger charge is -2.14. The van der Waals surface area contributed by atoms with E-state index in [2.05, 4.69) is 6.92 Å². The van der Waals surface area contributed by atoms with Crippen molar-refractivity contribution in [3.05, 3.63) is 0 Å². The molecule has 0 aromatic carbocycles. The van der Waals surface area contributed by atoms with Crippen LogP contribution >= 0.6 is 0 Å². The molecular weight excluding hydrogens is 324 g/mol. The molecule has 0 saturated heterocycles. The lowest BCUT2D eigenvalue weighted by atomic mass is 10.0. The van der Waals surface area contributed by atoms with Crippen molar-refractivity contribution < 1.29 is 18.1 Å². The fourth-order valence-electron chi connectivity index (χ4n) is 3.08. The molecule has 0 saturated carbocycles. The van der Waals surface area contributed by atoms with Crippen LogP contribution < -0.4 is 0 Å². The molecular formula is C19H40O4S. The van der Waals surface area contributed by atoms with Crippen LogP contribution in [0.5, 0.6) is 0 Å². The molecule has 2 atom stereocenters. The van der Waals surface area contributed by atoms with Gasteiger partial charge >= 0.3 is 0 Å². The molecule has 0 heterocycles. The zero-order valence-electron chi connectivity index (χ0n) is 15.9. The largest absolute Gasteiger partial charge is 0.393 e. The summed E-state index contributed by atoms with van der Waals surface area (Å²) in [5.41, 5.74) is 0. The molecule has 0 aliphatic carbocycles. The summed E-state index contributed by atoms with van der Waals surface area (Å²) < 4.78 is 32.0. The maximum Gasteiger partial charge on any atom is 0.267 e. The van der Waals surface area contributed by atoms with E-state index in [1.165, 1.54) is 57.8 Å². The van der Waals surface area contributed by atoms with Gasteiger partial charge in [-0.15, -0.1) is 0 Å². The third-order valence-electron chi connectivity index (χ3n) is 4.71. The van der Waals surface area contributed by atoms with Crippen LogP contribution in [0.4, 0.5) is 0 Å². The van der Waals surface area contributed by atoms with Gasteiger partial charge in [0.2, 0.25) is 0 Å². The molecule has 0 aliphatic rings. The summed E-state index contributed by atoms with van der Waals surface area (Å²) in [5, 5.41) is 8.55. The number of hydrogen-bond acceptors (Lipinski definition) is 3. The number of hydrogen-bond donors (Lipinski definition) is 2. The number of aliphatic hydroxyl groups is 1. The molecule has 0 aromatic rings. The molecule has 24 heavy (non-hydrogen) atoms. The summed E-state index contributed by atoms with van der Waals surface area (Å²) in [7, 11) is -3.99. The van der Waals surface area contributed by atoms with Crippen LogP contribution in [0, 0.1) is 0 Å². The smallest absolute Gasteiger partial charge is 0.267 e. The molecule has 2 N–H and O–H groups in total. The van der Waals surface area contributed by atoms with Crippen molar-refractivity contribution in [1.29, 1.82) is 0 Å². The van der Waals surface area contributed by atoms with Gasteiger partial charge in [-0.05, 0) is 26.2 Å². The zero-order chi connectivity index (χ0) is 18.3. The van der Waals surface area contributed by atoms with Gasteiger partial charge in [-0.3, -0.25) is 4.55 Å². The van der Waals surface area contributed by atoms with Gasteiger partial charge in [0, 0.05) is 0 Å². The highest BCUT2D eigenvalue weighted by atomic mass is 32.2. The van der Waals surface area contributed by atoms with Gasteiger partial charge in [0.1, 0.15) is 0 Å². The monoisotopic (exact) mass is 364 g/mol. The van der Waals surface area contributed by atoms with Crippen LogP contribution in [0.15, 0.2) is 0 Å². The summed E-state index contributed by atoms with van der Waals surface area (Å²) in [6.07, 6.45) is 15.7. The minimum absolute atomic E-state index is 0.342. The Morgan fingerprint density at radius 3 is 1.50 bits per heavy atom. The molecule has 0 fully saturated rings. The first-order chi connectivity index (χ1) is 11.4.